The molecule has 2 heterocycles. The van der Waals surface area contributed by atoms with E-state index in [0.29, 0.717) is 34.4 Å². The van der Waals surface area contributed by atoms with Gasteiger partial charge in [-0.3, -0.25) is 4.79 Å². The molecule has 0 radical (unpaired) electrons. The highest BCUT2D eigenvalue weighted by Gasteiger charge is 2.27. The number of nitrogen functional groups attached to an aromatic ring is 1. The summed E-state index contributed by atoms with van der Waals surface area (Å²) >= 11 is 0. The minimum atomic E-state index is -4.47. The molecule has 9 nitrogen and oxygen atoms in total. The number of halogens is 3. The highest BCUT2D eigenvalue weighted by atomic mass is 19.4. The molecule has 2 aromatic carbocycles. The first kappa shape index (κ1) is 21.0. The van der Waals surface area contributed by atoms with Crippen LogP contribution in [0.2, 0.25) is 0 Å². The second-order valence-corrected chi connectivity index (χ2v) is 6.87. The molecule has 0 spiro atoms. The second-order valence-electron chi connectivity index (χ2n) is 6.87. The summed E-state index contributed by atoms with van der Waals surface area (Å²) < 4.78 is 38.3. The molecule has 0 saturated heterocycles. The SMILES string of the molecule is Cn1nc(-c2ccc(C(=O)NCC(F)(F)F)cc2)nc1Nc1ccc2c(N)ncnc2c1. The number of nitrogens with zero attached hydrogens (tertiary/aromatic N) is 5. The second kappa shape index (κ2) is 8.13. The van der Waals surface area contributed by atoms with Crippen molar-refractivity contribution in [1.82, 2.24) is 30.0 Å². The number of fused-ring (bicyclic) bond motifs is 1. The molecule has 0 aliphatic heterocycles. The molecule has 4 rings (SSSR count). The minimum Gasteiger partial charge on any atom is -0.383 e. The number of benzene rings is 2. The predicted molar refractivity (Wildman–Crippen MR) is 112 cm³/mol. The summed E-state index contributed by atoms with van der Waals surface area (Å²) in [5.41, 5.74) is 7.93. The molecule has 0 atom stereocenters. The van der Waals surface area contributed by atoms with Crippen LogP contribution in [0, 0.1) is 0 Å². The van der Waals surface area contributed by atoms with Crippen LogP contribution >= 0.6 is 0 Å². The van der Waals surface area contributed by atoms with Crippen LogP contribution in [0.1, 0.15) is 10.4 Å². The van der Waals surface area contributed by atoms with E-state index < -0.39 is 18.6 Å². The smallest absolute Gasteiger partial charge is 0.383 e. The summed E-state index contributed by atoms with van der Waals surface area (Å²) in [6, 6.07) is 11.4. The number of carbonyl (C=O) groups excluding carboxylic acids is 1. The predicted octanol–water partition coefficient (Wildman–Crippen LogP) is 3.04. The molecule has 4 aromatic rings. The number of nitrogens with one attached hydrogen (secondary N) is 2. The highest BCUT2D eigenvalue weighted by molar-refractivity contribution is 5.94. The maximum Gasteiger partial charge on any atom is 0.405 e. The maximum absolute atomic E-state index is 12.3. The Morgan fingerprint density at radius 1 is 1.12 bits per heavy atom. The Morgan fingerprint density at radius 3 is 2.59 bits per heavy atom. The van der Waals surface area contributed by atoms with Gasteiger partial charge in [0.05, 0.1) is 5.52 Å². The molecule has 0 saturated carbocycles. The Kier molecular flexibility index (Phi) is 5.34. The van der Waals surface area contributed by atoms with Gasteiger partial charge in [-0.25, -0.2) is 14.6 Å². The van der Waals surface area contributed by atoms with Crippen LogP contribution in [0.3, 0.4) is 0 Å². The average Bonchev–Trinajstić information content (AvgIpc) is 3.12. The quantitative estimate of drug-likeness (QED) is 0.434. The van der Waals surface area contributed by atoms with Crippen molar-refractivity contribution >= 4 is 34.3 Å². The van der Waals surface area contributed by atoms with Crippen molar-refractivity contribution in [3.05, 3.63) is 54.4 Å². The number of aromatic nitrogens is 5. The summed E-state index contributed by atoms with van der Waals surface area (Å²) in [5.74, 6) is 0.405. The van der Waals surface area contributed by atoms with E-state index in [0.717, 1.165) is 5.39 Å². The van der Waals surface area contributed by atoms with Crippen molar-refractivity contribution in [2.45, 2.75) is 6.18 Å². The van der Waals surface area contributed by atoms with Crippen LogP contribution in [0.4, 0.5) is 30.6 Å². The maximum atomic E-state index is 12.3. The van der Waals surface area contributed by atoms with E-state index in [1.165, 1.54) is 23.1 Å². The fraction of sp³-hybridized carbons (Fsp3) is 0.150. The van der Waals surface area contributed by atoms with Gasteiger partial charge in [0.15, 0.2) is 5.82 Å². The van der Waals surface area contributed by atoms with Crippen LogP contribution in [0.5, 0.6) is 0 Å². The number of hydrogen-bond acceptors (Lipinski definition) is 7. The molecule has 2 aromatic heterocycles. The van der Waals surface area contributed by atoms with Gasteiger partial charge >= 0.3 is 6.18 Å². The number of anilines is 3. The molecule has 4 N–H and O–H groups in total. The van der Waals surface area contributed by atoms with Crippen molar-refractivity contribution in [3.63, 3.8) is 0 Å². The summed E-state index contributed by atoms with van der Waals surface area (Å²) in [5, 5.41) is 10.1. The standard InChI is InChI=1S/C20H17F3N8O/c1-31-19(28-13-6-7-14-15(8-13)26-10-27-16(14)24)29-17(30-31)11-2-4-12(5-3-11)18(32)25-9-20(21,22)23/h2-8,10H,9H2,1H3,(H,25,32)(H2,24,26,27)(H,28,29,30). The number of aryl methyl sites for hydroxylation is 1. The normalized spacial score (nSPS) is 11.5. The van der Waals surface area contributed by atoms with Crippen molar-refractivity contribution in [2.24, 2.45) is 7.05 Å². The van der Waals surface area contributed by atoms with Crippen molar-refractivity contribution in [3.8, 4) is 11.4 Å². The van der Waals surface area contributed by atoms with Gasteiger partial charge in [0.1, 0.15) is 18.7 Å². The Labute approximate surface area is 179 Å². The molecule has 1 amide bonds. The van der Waals surface area contributed by atoms with E-state index in [2.05, 4.69) is 25.4 Å². The molecule has 0 aliphatic rings. The Bertz CT molecular complexity index is 1280. The van der Waals surface area contributed by atoms with E-state index >= 15 is 0 Å². The van der Waals surface area contributed by atoms with Crippen LogP contribution in [-0.2, 0) is 7.05 Å². The average molecular weight is 442 g/mol. The largest absolute Gasteiger partial charge is 0.405 e. The fourth-order valence-corrected chi connectivity index (χ4v) is 2.95. The molecule has 32 heavy (non-hydrogen) atoms. The topological polar surface area (TPSA) is 124 Å². The number of amides is 1. The fourth-order valence-electron chi connectivity index (χ4n) is 2.95. The zero-order chi connectivity index (χ0) is 22.9. The third kappa shape index (κ3) is 4.58. The van der Waals surface area contributed by atoms with Crippen LogP contribution in [-0.4, -0.2) is 43.4 Å². The van der Waals surface area contributed by atoms with Gasteiger partial charge in [-0.2, -0.15) is 18.2 Å². The first-order valence-electron chi connectivity index (χ1n) is 9.33. The molecule has 164 valence electrons. The first-order valence-corrected chi connectivity index (χ1v) is 9.33. The molecular weight excluding hydrogens is 425 g/mol. The zero-order valence-corrected chi connectivity index (χ0v) is 16.7. The summed E-state index contributed by atoms with van der Waals surface area (Å²) in [7, 11) is 1.71. The lowest BCUT2D eigenvalue weighted by Crippen LogP contribution is -2.33. The molecular formula is C20H17F3N8O. The van der Waals surface area contributed by atoms with E-state index in [1.807, 2.05) is 11.4 Å². The van der Waals surface area contributed by atoms with E-state index in [-0.39, 0.29) is 5.56 Å². The Balaban J connectivity index is 1.50. The monoisotopic (exact) mass is 442 g/mol. The summed E-state index contributed by atoms with van der Waals surface area (Å²) in [6.07, 6.45) is -3.09. The van der Waals surface area contributed by atoms with Crippen LogP contribution in [0.15, 0.2) is 48.8 Å². The Morgan fingerprint density at radius 2 is 1.88 bits per heavy atom. The van der Waals surface area contributed by atoms with Gasteiger partial charge < -0.3 is 16.4 Å². The number of hydrogen-bond donors (Lipinski definition) is 3. The highest BCUT2D eigenvalue weighted by Crippen LogP contribution is 2.24. The van der Waals surface area contributed by atoms with Gasteiger partial charge in [-0.1, -0.05) is 12.1 Å². The number of rotatable bonds is 5. The van der Waals surface area contributed by atoms with Crippen LogP contribution < -0.4 is 16.4 Å². The van der Waals surface area contributed by atoms with Gasteiger partial charge in [0, 0.05) is 29.2 Å². The first-order chi connectivity index (χ1) is 15.2. The lowest BCUT2D eigenvalue weighted by molar-refractivity contribution is -0.123. The van der Waals surface area contributed by atoms with Crippen molar-refractivity contribution in [2.75, 3.05) is 17.6 Å². The van der Waals surface area contributed by atoms with E-state index in [1.54, 1.807) is 31.3 Å². The molecule has 0 aliphatic carbocycles. The molecule has 0 unspecified atom stereocenters. The van der Waals surface area contributed by atoms with E-state index in [9.17, 15) is 18.0 Å². The zero-order valence-electron chi connectivity index (χ0n) is 16.7. The van der Waals surface area contributed by atoms with Crippen molar-refractivity contribution < 1.29 is 18.0 Å². The van der Waals surface area contributed by atoms with E-state index in [4.69, 9.17) is 5.73 Å². The molecule has 0 fully saturated rings. The lowest BCUT2D eigenvalue weighted by atomic mass is 10.1. The van der Waals surface area contributed by atoms with Gasteiger partial charge in [-0.15, -0.1) is 5.10 Å². The van der Waals surface area contributed by atoms with Gasteiger partial charge in [0.2, 0.25) is 5.95 Å². The minimum absolute atomic E-state index is 0.102. The molecule has 12 heteroatoms. The summed E-state index contributed by atoms with van der Waals surface area (Å²) in [4.78, 5) is 24.4. The number of carbonyl (C=O) groups is 1. The van der Waals surface area contributed by atoms with Gasteiger partial charge in [0.25, 0.3) is 5.91 Å². The van der Waals surface area contributed by atoms with Gasteiger partial charge in [-0.05, 0) is 30.3 Å². The summed E-state index contributed by atoms with van der Waals surface area (Å²) in [6.45, 7) is -1.39. The lowest BCUT2D eigenvalue weighted by Gasteiger charge is -2.08. The van der Waals surface area contributed by atoms with Crippen LogP contribution in [0.25, 0.3) is 22.3 Å². The Hall–Kier alpha value is -4.22. The molecule has 0 bridgehead atoms. The third-order valence-corrected chi connectivity index (χ3v) is 4.54. The number of alkyl halides is 3. The van der Waals surface area contributed by atoms with Crippen molar-refractivity contribution in [1.29, 1.82) is 0 Å². The third-order valence-electron chi connectivity index (χ3n) is 4.54. The number of nitrogens with two attached hydrogens (primary N) is 1.